The predicted molar refractivity (Wildman–Crippen MR) is 124 cm³/mol. The second-order valence-electron chi connectivity index (χ2n) is 7.48. The van der Waals surface area contributed by atoms with Crippen LogP contribution in [0, 0.1) is 6.92 Å². The van der Waals surface area contributed by atoms with Gasteiger partial charge in [0.15, 0.2) is 5.65 Å². The van der Waals surface area contributed by atoms with Gasteiger partial charge in [-0.05, 0) is 36.2 Å². The molecule has 0 unspecified atom stereocenters. The Morgan fingerprint density at radius 1 is 0.742 bits per heavy atom. The zero-order valence-corrected chi connectivity index (χ0v) is 17.8. The molecule has 0 aliphatic carbocycles. The Balaban J connectivity index is 1.77. The predicted octanol–water partition coefficient (Wildman–Crippen LogP) is 5.92. The summed E-state index contributed by atoms with van der Waals surface area (Å²) in [6, 6.07) is 28.6. The van der Waals surface area contributed by atoms with Gasteiger partial charge in [0.05, 0.1) is 4.90 Å². The maximum Gasteiger partial charge on any atom is 0.269 e. The average molecular weight is 425 g/mol. The molecule has 5 aromatic rings. The van der Waals surface area contributed by atoms with Crippen LogP contribution < -0.4 is 0 Å². The summed E-state index contributed by atoms with van der Waals surface area (Å²) in [6.07, 6.45) is 3.41. The van der Waals surface area contributed by atoms with Crippen molar-refractivity contribution >= 4 is 21.1 Å². The van der Waals surface area contributed by atoms with E-state index in [9.17, 15) is 8.42 Å². The van der Waals surface area contributed by atoms with E-state index >= 15 is 0 Å². The van der Waals surface area contributed by atoms with E-state index in [1.165, 1.54) is 3.97 Å². The van der Waals surface area contributed by atoms with E-state index in [2.05, 4.69) is 4.98 Å². The first-order valence-corrected chi connectivity index (χ1v) is 11.4. The van der Waals surface area contributed by atoms with Crippen LogP contribution in [0.5, 0.6) is 0 Å². The van der Waals surface area contributed by atoms with Gasteiger partial charge in [-0.15, -0.1) is 0 Å². The number of rotatable bonds is 4. The lowest BCUT2D eigenvalue weighted by molar-refractivity contribution is 0.589. The molecule has 3 aromatic carbocycles. The molecule has 2 heterocycles. The summed E-state index contributed by atoms with van der Waals surface area (Å²) in [4.78, 5) is 4.84. The van der Waals surface area contributed by atoms with Gasteiger partial charge in [0.2, 0.25) is 0 Å². The third-order valence-electron chi connectivity index (χ3n) is 5.38. The van der Waals surface area contributed by atoms with E-state index in [1.807, 2.05) is 73.7 Å². The van der Waals surface area contributed by atoms with Crippen molar-refractivity contribution in [1.82, 2.24) is 8.96 Å². The van der Waals surface area contributed by atoms with Crippen LogP contribution in [-0.2, 0) is 10.0 Å². The third-order valence-corrected chi connectivity index (χ3v) is 7.05. The first-order valence-electron chi connectivity index (χ1n) is 9.98. The van der Waals surface area contributed by atoms with Gasteiger partial charge in [-0.2, -0.15) is 0 Å². The van der Waals surface area contributed by atoms with Crippen LogP contribution >= 0.6 is 0 Å². The molecule has 0 atom stereocenters. The van der Waals surface area contributed by atoms with E-state index in [0.29, 0.717) is 5.65 Å². The van der Waals surface area contributed by atoms with Crippen molar-refractivity contribution in [3.8, 4) is 22.3 Å². The van der Waals surface area contributed by atoms with Crippen molar-refractivity contribution in [1.29, 1.82) is 0 Å². The standard InChI is InChI=1S/C26H20N2O2S/c1-19-12-14-23(15-13-19)31(29,30)28-18-25(21-10-6-3-7-11-21)24-16-22(17-27-26(24)28)20-8-4-2-5-9-20/h2-18H,1H3. The molecule has 5 heteroatoms. The third kappa shape index (κ3) is 3.43. The summed E-state index contributed by atoms with van der Waals surface area (Å²) in [5, 5.41) is 0.795. The highest BCUT2D eigenvalue weighted by Gasteiger charge is 2.23. The highest BCUT2D eigenvalue weighted by Crippen LogP contribution is 2.34. The molecule has 152 valence electrons. The Bertz CT molecular complexity index is 1470. The minimum atomic E-state index is -3.79. The fraction of sp³-hybridized carbons (Fsp3) is 0.0385. The van der Waals surface area contributed by atoms with Crippen molar-refractivity contribution in [2.45, 2.75) is 11.8 Å². The van der Waals surface area contributed by atoms with Gasteiger partial charge in [0, 0.05) is 28.9 Å². The molecule has 0 saturated heterocycles. The molecule has 0 bridgehead atoms. The molecule has 0 radical (unpaired) electrons. The molecule has 0 spiro atoms. The van der Waals surface area contributed by atoms with Crippen LogP contribution in [0.15, 0.2) is 108 Å². The van der Waals surface area contributed by atoms with E-state index in [0.717, 1.165) is 33.2 Å². The van der Waals surface area contributed by atoms with Crippen molar-refractivity contribution in [3.05, 3.63) is 109 Å². The average Bonchev–Trinajstić information content (AvgIpc) is 3.20. The molecular weight excluding hydrogens is 404 g/mol. The number of hydrogen-bond acceptors (Lipinski definition) is 3. The first kappa shape index (κ1) is 19.3. The summed E-state index contributed by atoms with van der Waals surface area (Å²) >= 11 is 0. The maximum absolute atomic E-state index is 13.5. The zero-order valence-electron chi connectivity index (χ0n) is 16.9. The molecule has 0 aliphatic heterocycles. The number of benzene rings is 3. The summed E-state index contributed by atoms with van der Waals surface area (Å²) in [5.41, 5.74) is 5.17. The topological polar surface area (TPSA) is 52.0 Å². The summed E-state index contributed by atoms with van der Waals surface area (Å²) in [5.74, 6) is 0. The Labute approximate surface area is 181 Å². The van der Waals surface area contributed by atoms with Gasteiger partial charge in [0.25, 0.3) is 10.0 Å². The second-order valence-corrected chi connectivity index (χ2v) is 9.30. The maximum atomic E-state index is 13.5. The van der Waals surface area contributed by atoms with Gasteiger partial charge in [0.1, 0.15) is 0 Å². The van der Waals surface area contributed by atoms with Crippen LogP contribution in [0.3, 0.4) is 0 Å². The van der Waals surface area contributed by atoms with Crippen molar-refractivity contribution in [2.75, 3.05) is 0 Å². The Morgan fingerprint density at radius 3 is 2.00 bits per heavy atom. The molecule has 0 aliphatic rings. The normalized spacial score (nSPS) is 11.6. The largest absolute Gasteiger partial charge is 0.269 e. The van der Waals surface area contributed by atoms with Crippen LogP contribution in [0.1, 0.15) is 5.56 Å². The van der Waals surface area contributed by atoms with Gasteiger partial charge in [-0.1, -0.05) is 78.4 Å². The molecule has 31 heavy (non-hydrogen) atoms. The van der Waals surface area contributed by atoms with Crippen LogP contribution in [0.4, 0.5) is 0 Å². The molecule has 0 saturated carbocycles. The van der Waals surface area contributed by atoms with Crippen molar-refractivity contribution in [3.63, 3.8) is 0 Å². The van der Waals surface area contributed by atoms with Gasteiger partial charge < -0.3 is 0 Å². The first-order chi connectivity index (χ1) is 15.0. The Kier molecular flexibility index (Phi) is 4.68. The molecule has 5 rings (SSSR count). The molecule has 0 fully saturated rings. The van der Waals surface area contributed by atoms with E-state index < -0.39 is 10.0 Å². The molecule has 2 aromatic heterocycles. The number of aryl methyl sites for hydroxylation is 1. The second kappa shape index (κ2) is 7.52. The lowest BCUT2D eigenvalue weighted by atomic mass is 10.0. The fourth-order valence-electron chi connectivity index (χ4n) is 3.72. The summed E-state index contributed by atoms with van der Waals surface area (Å²) in [6.45, 7) is 1.93. The fourth-order valence-corrected chi connectivity index (χ4v) is 5.05. The Morgan fingerprint density at radius 2 is 1.35 bits per heavy atom. The Hall–Kier alpha value is -3.70. The molecular formula is C26H20N2O2S. The quantitative estimate of drug-likeness (QED) is 0.360. The monoisotopic (exact) mass is 424 g/mol. The van der Waals surface area contributed by atoms with E-state index in [4.69, 9.17) is 0 Å². The lowest BCUT2D eigenvalue weighted by Gasteiger charge is -2.08. The highest BCUT2D eigenvalue weighted by molar-refractivity contribution is 7.90. The number of hydrogen-bond donors (Lipinski definition) is 0. The highest BCUT2D eigenvalue weighted by atomic mass is 32.2. The van der Waals surface area contributed by atoms with E-state index in [-0.39, 0.29) is 4.90 Å². The smallest absolute Gasteiger partial charge is 0.237 e. The summed E-state index contributed by atoms with van der Waals surface area (Å²) in [7, 11) is -3.79. The van der Waals surface area contributed by atoms with Gasteiger partial charge in [-0.25, -0.2) is 17.4 Å². The van der Waals surface area contributed by atoms with Crippen molar-refractivity contribution in [2.24, 2.45) is 0 Å². The minimum Gasteiger partial charge on any atom is -0.237 e. The van der Waals surface area contributed by atoms with Gasteiger partial charge in [-0.3, -0.25) is 0 Å². The van der Waals surface area contributed by atoms with Crippen LogP contribution in [-0.4, -0.2) is 17.4 Å². The number of aromatic nitrogens is 2. The number of pyridine rings is 1. The van der Waals surface area contributed by atoms with Crippen LogP contribution in [0.25, 0.3) is 33.3 Å². The molecule has 0 N–H and O–H groups in total. The van der Waals surface area contributed by atoms with Crippen molar-refractivity contribution < 1.29 is 8.42 Å². The number of fused-ring (bicyclic) bond motifs is 1. The van der Waals surface area contributed by atoms with Gasteiger partial charge >= 0.3 is 0 Å². The zero-order chi connectivity index (χ0) is 21.4. The summed E-state index contributed by atoms with van der Waals surface area (Å²) < 4.78 is 28.3. The SMILES string of the molecule is Cc1ccc(S(=O)(=O)n2cc(-c3ccccc3)c3cc(-c4ccccc4)cnc32)cc1. The number of nitrogens with zero attached hydrogens (tertiary/aromatic N) is 2. The molecule has 0 amide bonds. The lowest BCUT2D eigenvalue weighted by Crippen LogP contribution is -2.12. The van der Waals surface area contributed by atoms with E-state index in [1.54, 1.807) is 36.7 Å². The van der Waals surface area contributed by atoms with Crippen LogP contribution in [0.2, 0.25) is 0 Å². The minimum absolute atomic E-state index is 0.239. The molecule has 4 nitrogen and oxygen atoms in total.